The second kappa shape index (κ2) is 5.36. The minimum absolute atomic E-state index is 0.239. The molecule has 1 saturated heterocycles. The predicted molar refractivity (Wildman–Crippen MR) is 81.3 cm³/mol. The monoisotopic (exact) mass is 274 g/mol. The molecule has 2 unspecified atom stereocenters. The molecular formula is C17H26N2O. The number of aromatic nitrogens is 1. The van der Waals surface area contributed by atoms with E-state index in [4.69, 9.17) is 0 Å². The number of carbonyl (C=O) groups excluding carboxylic acids is 1. The Morgan fingerprint density at radius 1 is 1.35 bits per heavy atom. The summed E-state index contributed by atoms with van der Waals surface area (Å²) in [4.78, 5) is 18.9. The first-order valence-corrected chi connectivity index (χ1v) is 8.12. The Kier molecular flexibility index (Phi) is 3.72. The van der Waals surface area contributed by atoms with Crippen LogP contribution in [0.1, 0.15) is 54.0 Å². The van der Waals surface area contributed by atoms with Crippen molar-refractivity contribution < 1.29 is 4.79 Å². The summed E-state index contributed by atoms with van der Waals surface area (Å²) in [6.07, 6.45) is 4.39. The number of fused-ring (bicyclic) bond motifs is 2. The molecule has 1 N–H and O–H groups in total. The van der Waals surface area contributed by atoms with Crippen LogP contribution in [0.5, 0.6) is 0 Å². The molecule has 3 heteroatoms. The van der Waals surface area contributed by atoms with Crippen LogP contribution in [0.4, 0.5) is 0 Å². The predicted octanol–water partition coefficient (Wildman–Crippen LogP) is 2.97. The van der Waals surface area contributed by atoms with Gasteiger partial charge in [0, 0.05) is 29.4 Å². The summed E-state index contributed by atoms with van der Waals surface area (Å²) in [5, 5.41) is 0. The van der Waals surface area contributed by atoms with E-state index >= 15 is 0 Å². The van der Waals surface area contributed by atoms with E-state index in [1.54, 1.807) is 0 Å². The number of H-pyrrole nitrogens is 1. The van der Waals surface area contributed by atoms with Crippen LogP contribution in [0.2, 0.25) is 0 Å². The highest BCUT2D eigenvalue weighted by molar-refractivity contribution is 6.02. The van der Waals surface area contributed by atoms with E-state index in [0.717, 1.165) is 38.0 Å². The minimum atomic E-state index is 0.239. The van der Waals surface area contributed by atoms with Crippen molar-refractivity contribution in [2.24, 2.45) is 11.8 Å². The van der Waals surface area contributed by atoms with Gasteiger partial charge in [0.05, 0.1) is 0 Å². The molecule has 3 nitrogen and oxygen atoms in total. The van der Waals surface area contributed by atoms with Gasteiger partial charge in [0.1, 0.15) is 0 Å². The molecule has 110 valence electrons. The molecule has 1 aliphatic carbocycles. The molecule has 0 aromatic carbocycles. The zero-order valence-corrected chi connectivity index (χ0v) is 13.0. The summed E-state index contributed by atoms with van der Waals surface area (Å²) in [6, 6.07) is 0. The highest BCUT2D eigenvalue weighted by Crippen LogP contribution is 2.37. The lowest BCUT2D eigenvalue weighted by atomic mass is 9.72. The molecular weight excluding hydrogens is 248 g/mol. The van der Waals surface area contributed by atoms with Crippen molar-refractivity contribution in [3.63, 3.8) is 0 Å². The summed E-state index contributed by atoms with van der Waals surface area (Å²) in [5.41, 5.74) is 4.73. The van der Waals surface area contributed by atoms with Crippen LogP contribution in [0.25, 0.3) is 0 Å². The van der Waals surface area contributed by atoms with Gasteiger partial charge in [-0.05, 0) is 57.2 Å². The summed E-state index contributed by atoms with van der Waals surface area (Å²) >= 11 is 0. The number of piperidine rings is 1. The third-order valence-corrected chi connectivity index (χ3v) is 5.18. The van der Waals surface area contributed by atoms with E-state index < -0.39 is 0 Å². The Balaban J connectivity index is 1.90. The van der Waals surface area contributed by atoms with Gasteiger partial charge in [-0.25, -0.2) is 0 Å². The summed E-state index contributed by atoms with van der Waals surface area (Å²) in [7, 11) is 0. The van der Waals surface area contributed by atoms with Crippen LogP contribution < -0.4 is 0 Å². The van der Waals surface area contributed by atoms with Crippen molar-refractivity contribution in [3.05, 3.63) is 22.5 Å². The number of likely N-dealkylation sites (tertiary alicyclic amines) is 1. The molecule has 0 spiro atoms. The van der Waals surface area contributed by atoms with Gasteiger partial charge in [0.15, 0.2) is 5.78 Å². The lowest BCUT2D eigenvalue weighted by Gasteiger charge is -2.40. The van der Waals surface area contributed by atoms with Crippen molar-refractivity contribution in [2.75, 3.05) is 19.6 Å². The average Bonchev–Trinajstić information content (AvgIpc) is 2.75. The Morgan fingerprint density at radius 2 is 2.15 bits per heavy atom. The third kappa shape index (κ3) is 2.12. The lowest BCUT2D eigenvalue weighted by Crippen LogP contribution is -2.47. The Hall–Kier alpha value is -1.09. The highest BCUT2D eigenvalue weighted by Gasteiger charge is 2.41. The molecule has 2 atom stereocenters. The molecule has 0 radical (unpaired) electrons. The number of ketones is 1. The van der Waals surface area contributed by atoms with Crippen LogP contribution in [0.15, 0.2) is 0 Å². The van der Waals surface area contributed by atoms with E-state index in [-0.39, 0.29) is 5.92 Å². The normalized spacial score (nSPS) is 26.4. The second-order valence-corrected chi connectivity index (χ2v) is 6.46. The zero-order chi connectivity index (χ0) is 14.3. The number of nitrogens with zero attached hydrogens (tertiary/aromatic N) is 1. The van der Waals surface area contributed by atoms with Crippen molar-refractivity contribution in [3.8, 4) is 0 Å². The van der Waals surface area contributed by atoms with E-state index in [1.165, 1.54) is 29.8 Å². The number of nitrogens with one attached hydrogen (secondary N) is 1. The number of hydrogen-bond acceptors (Lipinski definition) is 2. The fourth-order valence-corrected chi connectivity index (χ4v) is 4.20. The fraction of sp³-hybridized carbons (Fsp3) is 0.706. The number of carbonyl (C=O) groups is 1. The maximum Gasteiger partial charge on any atom is 0.169 e. The number of Topliss-reactive ketones (excluding diaryl/α,β-unsaturated/α-hetero) is 1. The molecule has 3 rings (SSSR count). The van der Waals surface area contributed by atoms with Crippen molar-refractivity contribution in [1.29, 1.82) is 0 Å². The van der Waals surface area contributed by atoms with Gasteiger partial charge in [-0.3, -0.25) is 4.79 Å². The molecule has 1 aromatic rings. The van der Waals surface area contributed by atoms with Crippen molar-refractivity contribution >= 4 is 5.78 Å². The van der Waals surface area contributed by atoms with Crippen molar-refractivity contribution in [2.45, 2.75) is 46.5 Å². The van der Waals surface area contributed by atoms with E-state index in [2.05, 4.69) is 30.7 Å². The third-order valence-electron chi connectivity index (χ3n) is 5.18. The number of hydrogen-bond donors (Lipinski definition) is 1. The first kappa shape index (κ1) is 13.9. The maximum absolute atomic E-state index is 12.9. The van der Waals surface area contributed by atoms with E-state index in [0.29, 0.717) is 11.7 Å². The molecule has 2 aliphatic rings. The number of rotatable bonds is 3. The fourth-order valence-electron chi connectivity index (χ4n) is 4.20. The molecule has 1 aromatic heterocycles. The summed E-state index contributed by atoms with van der Waals surface area (Å²) in [5.74, 6) is 1.22. The maximum atomic E-state index is 12.9. The first-order valence-electron chi connectivity index (χ1n) is 8.12. The van der Waals surface area contributed by atoms with Gasteiger partial charge < -0.3 is 9.88 Å². The molecule has 0 amide bonds. The van der Waals surface area contributed by atoms with Crippen LogP contribution >= 0.6 is 0 Å². The van der Waals surface area contributed by atoms with Gasteiger partial charge in [-0.15, -0.1) is 0 Å². The van der Waals surface area contributed by atoms with Crippen molar-refractivity contribution in [1.82, 2.24) is 9.88 Å². The average molecular weight is 274 g/mol. The van der Waals surface area contributed by atoms with Crippen LogP contribution in [-0.4, -0.2) is 35.3 Å². The molecule has 2 heterocycles. The lowest BCUT2D eigenvalue weighted by molar-refractivity contribution is 0.0660. The van der Waals surface area contributed by atoms with Crippen LogP contribution in [0, 0.1) is 18.8 Å². The highest BCUT2D eigenvalue weighted by atomic mass is 16.1. The Morgan fingerprint density at radius 3 is 2.85 bits per heavy atom. The smallest absolute Gasteiger partial charge is 0.169 e. The molecule has 20 heavy (non-hydrogen) atoms. The van der Waals surface area contributed by atoms with E-state index in [9.17, 15) is 4.79 Å². The number of aromatic amines is 1. The minimum Gasteiger partial charge on any atom is -0.362 e. The molecule has 0 bridgehead atoms. The van der Waals surface area contributed by atoms with Crippen LogP contribution in [-0.2, 0) is 12.8 Å². The largest absolute Gasteiger partial charge is 0.362 e. The van der Waals surface area contributed by atoms with Gasteiger partial charge in [-0.1, -0.05) is 13.8 Å². The summed E-state index contributed by atoms with van der Waals surface area (Å²) < 4.78 is 0. The Labute approximate surface area is 121 Å². The van der Waals surface area contributed by atoms with Gasteiger partial charge in [-0.2, -0.15) is 0 Å². The van der Waals surface area contributed by atoms with Gasteiger partial charge >= 0.3 is 0 Å². The van der Waals surface area contributed by atoms with Gasteiger partial charge in [0.25, 0.3) is 0 Å². The quantitative estimate of drug-likeness (QED) is 0.920. The summed E-state index contributed by atoms with van der Waals surface area (Å²) in [6.45, 7) is 9.76. The topological polar surface area (TPSA) is 36.1 Å². The van der Waals surface area contributed by atoms with E-state index in [1.807, 2.05) is 0 Å². The zero-order valence-electron chi connectivity index (χ0n) is 13.0. The molecule has 1 fully saturated rings. The molecule has 1 aliphatic heterocycles. The first-order chi connectivity index (χ1) is 9.65. The molecule has 0 saturated carbocycles. The van der Waals surface area contributed by atoms with Crippen LogP contribution in [0.3, 0.4) is 0 Å². The standard InChI is InChI=1S/C17H26N2O/c1-4-7-19-8-6-12-9-15-16(17(20)14(12)10-19)13(5-2)11(3)18-15/h12,14,18H,4-10H2,1-3H3. The Bertz CT molecular complexity index is 517. The second-order valence-electron chi connectivity index (χ2n) is 6.46. The number of aryl methyl sites for hydroxylation is 1. The SMILES string of the molecule is CCCN1CCC2Cc3[nH]c(C)c(CC)c3C(=O)C2C1. The van der Waals surface area contributed by atoms with Gasteiger partial charge in [0.2, 0.25) is 0 Å².